The highest BCUT2D eigenvalue weighted by atomic mass is 32.2. The van der Waals surface area contributed by atoms with Crippen LogP contribution < -0.4 is 20.1 Å². The lowest BCUT2D eigenvalue weighted by molar-refractivity contribution is 0.101. The van der Waals surface area contributed by atoms with Gasteiger partial charge in [0, 0.05) is 11.3 Å². The fourth-order valence-corrected chi connectivity index (χ4v) is 3.77. The molecule has 1 aromatic heterocycles. The Balaban J connectivity index is 1.84. The van der Waals surface area contributed by atoms with Crippen LogP contribution in [0.15, 0.2) is 58.0 Å². The van der Waals surface area contributed by atoms with Gasteiger partial charge in [-0.05, 0) is 56.4 Å². The van der Waals surface area contributed by atoms with Crippen molar-refractivity contribution in [2.75, 3.05) is 24.8 Å². The highest BCUT2D eigenvalue weighted by Gasteiger charge is 2.21. The van der Waals surface area contributed by atoms with Crippen LogP contribution in [0.1, 0.15) is 26.5 Å². The van der Waals surface area contributed by atoms with E-state index in [0.717, 1.165) is 12.1 Å². The van der Waals surface area contributed by atoms with Crippen LogP contribution in [-0.2, 0) is 10.0 Å². The Morgan fingerprint density at radius 3 is 2.41 bits per heavy atom. The molecule has 0 bridgehead atoms. The number of hydrogen-bond acceptors (Lipinski definition) is 6. The standard InChI is InChI=1S/C21H20FN3O6S/c1-12-15(8-9-31-12)21(27)25-17-11-14(5-6-16(17)22)24-20(26)13-4-7-18(30-3)19(10-13)32(28,29)23-2/h4-11,23H,1-3H3,(H,24,26)(H,25,27). The van der Waals surface area contributed by atoms with Gasteiger partial charge in [-0.1, -0.05) is 0 Å². The fourth-order valence-electron chi connectivity index (χ4n) is 2.85. The maximum Gasteiger partial charge on any atom is 0.259 e. The van der Waals surface area contributed by atoms with Crippen LogP contribution in [0.5, 0.6) is 5.75 Å². The van der Waals surface area contributed by atoms with Crippen LogP contribution in [0.2, 0.25) is 0 Å². The minimum atomic E-state index is -3.88. The van der Waals surface area contributed by atoms with Crippen LogP contribution in [0.25, 0.3) is 0 Å². The molecule has 0 aliphatic carbocycles. The Morgan fingerprint density at radius 2 is 1.78 bits per heavy atom. The molecule has 1 heterocycles. The third-order valence-electron chi connectivity index (χ3n) is 4.56. The van der Waals surface area contributed by atoms with Gasteiger partial charge in [-0.15, -0.1) is 0 Å². The van der Waals surface area contributed by atoms with E-state index in [0.29, 0.717) is 5.76 Å². The normalized spacial score (nSPS) is 11.1. The van der Waals surface area contributed by atoms with Crippen LogP contribution in [-0.4, -0.2) is 34.4 Å². The van der Waals surface area contributed by atoms with Gasteiger partial charge in [0.05, 0.1) is 24.6 Å². The summed E-state index contributed by atoms with van der Waals surface area (Å²) >= 11 is 0. The zero-order chi connectivity index (χ0) is 23.5. The number of nitrogens with one attached hydrogen (secondary N) is 3. The van der Waals surface area contributed by atoms with Crippen LogP contribution in [0.4, 0.5) is 15.8 Å². The van der Waals surface area contributed by atoms with Gasteiger partial charge in [0.25, 0.3) is 11.8 Å². The van der Waals surface area contributed by atoms with Crippen molar-refractivity contribution in [2.24, 2.45) is 0 Å². The van der Waals surface area contributed by atoms with E-state index in [1.165, 1.54) is 50.8 Å². The van der Waals surface area contributed by atoms with Crippen molar-refractivity contribution in [3.8, 4) is 5.75 Å². The number of methoxy groups -OCH3 is 1. The van der Waals surface area contributed by atoms with Gasteiger partial charge in [-0.3, -0.25) is 9.59 Å². The Labute approximate surface area is 183 Å². The van der Waals surface area contributed by atoms with Gasteiger partial charge in [-0.25, -0.2) is 17.5 Å². The van der Waals surface area contributed by atoms with E-state index < -0.39 is 27.7 Å². The predicted octanol–water partition coefficient (Wildman–Crippen LogP) is 3.15. The highest BCUT2D eigenvalue weighted by Crippen LogP contribution is 2.26. The summed E-state index contributed by atoms with van der Waals surface area (Å²) < 4.78 is 50.9. The summed E-state index contributed by atoms with van der Waals surface area (Å²) in [6.07, 6.45) is 1.34. The molecule has 3 rings (SSSR count). The summed E-state index contributed by atoms with van der Waals surface area (Å²) in [4.78, 5) is 24.8. The van der Waals surface area contributed by atoms with E-state index >= 15 is 0 Å². The molecule has 0 aliphatic heterocycles. The van der Waals surface area contributed by atoms with Crippen molar-refractivity contribution >= 4 is 33.2 Å². The molecule has 32 heavy (non-hydrogen) atoms. The van der Waals surface area contributed by atoms with Gasteiger partial charge in [0.1, 0.15) is 22.2 Å². The first-order valence-corrected chi connectivity index (χ1v) is 10.7. The number of ether oxygens (including phenoxy) is 1. The second kappa shape index (κ2) is 9.20. The quantitative estimate of drug-likeness (QED) is 0.496. The number of carbonyl (C=O) groups excluding carboxylic acids is 2. The highest BCUT2D eigenvalue weighted by molar-refractivity contribution is 7.89. The van der Waals surface area contributed by atoms with Crippen LogP contribution >= 0.6 is 0 Å². The van der Waals surface area contributed by atoms with Gasteiger partial charge in [0.15, 0.2) is 0 Å². The number of hydrogen-bond donors (Lipinski definition) is 3. The summed E-state index contributed by atoms with van der Waals surface area (Å²) in [7, 11) is -1.33. The lowest BCUT2D eigenvalue weighted by atomic mass is 10.2. The predicted molar refractivity (Wildman–Crippen MR) is 115 cm³/mol. The van der Waals surface area contributed by atoms with Crippen molar-refractivity contribution in [3.05, 3.63) is 71.4 Å². The number of anilines is 2. The summed E-state index contributed by atoms with van der Waals surface area (Å²) in [6, 6.07) is 8.98. The second-order valence-electron chi connectivity index (χ2n) is 6.57. The molecule has 2 amide bonds. The molecule has 0 atom stereocenters. The second-order valence-corrected chi connectivity index (χ2v) is 8.42. The topological polar surface area (TPSA) is 127 Å². The average molecular weight is 461 g/mol. The number of halogens is 1. The summed E-state index contributed by atoms with van der Waals surface area (Å²) in [5.74, 6) is -1.48. The lowest BCUT2D eigenvalue weighted by Gasteiger charge is -2.12. The lowest BCUT2D eigenvalue weighted by Crippen LogP contribution is -2.20. The summed E-state index contributed by atoms with van der Waals surface area (Å²) in [5.41, 5.74) is 0.310. The van der Waals surface area contributed by atoms with E-state index in [9.17, 15) is 22.4 Å². The number of aryl methyl sites for hydroxylation is 1. The number of amides is 2. The fraction of sp³-hybridized carbons (Fsp3) is 0.143. The Kier molecular flexibility index (Phi) is 6.61. The maximum absolute atomic E-state index is 14.2. The molecule has 0 saturated carbocycles. The minimum absolute atomic E-state index is 0.0311. The molecule has 9 nitrogen and oxygen atoms in total. The SMILES string of the molecule is CNS(=O)(=O)c1cc(C(=O)Nc2ccc(F)c(NC(=O)c3ccoc3C)c2)ccc1OC. The Morgan fingerprint density at radius 1 is 1.03 bits per heavy atom. The molecule has 0 saturated heterocycles. The number of carbonyl (C=O) groups is 2. The zero-order valence-electron chi connectivity index (χ0n) is 17.4. The van der Waals surface area contributed by atoms with Crippen molar-refractivity contribution < 1.29 is 31.6 Å². The van der Waals surface area contributed by atoms with Crippen molar-refractivity contribution in [1.29, 1.82) is 0 Å². The molecule has 0 fully saturated rings. The Bertz CT molecular complexity index is 1290. The third-order valence-corrected chi connectivity index (χ3v) is 6.00. The van der Waals surface area contributed by atoms with Gasteiger partial charge in [0.2, 0.25) is 10.0 Å². The Hall–Kier alpha value is -3.70. The van der Waals surface area contributed by atoms with Gasteiger partial charge in [-0.2, -0.15) is 0 Å². The number of furan rings is 1. The first-order valence-electron chi connectivity index (χ1n) is 9.24. The molecular formula is C21H20FN3O6S. The van der Waals surface area contributed by atoms with Crippen molar-refractivity contribution in [1.82, 2.24) is 4.72 Å². The number of sulfonamides is 1. The third kappa shape index (κ3) is 4.79. The molecule has 0 aliphatic rings. The van der Waals surface area contributed by atoms with Crippen molar-refractivity contribution in [3.63, 3.8) is 0 Å². The monoisotopic (exact) mass is 461 g/mol. The zero-order valence-corrected chi connectivity index (χ0v) is 18.2. The molecule has 0 unspecified atom stereocenters. The maximum atomic E-state index is 14.2. The molecular weight excluding hydrogens is 441 g/mol. The van der Waals surface area contributed by atoms with E-state index in [1.807, 2.05) is 0 Å². The van der Waals surface area contributed by atoms with E-state index in [2.05, 4.69) is 15.4 Å². The van der Waals surface area contributed by atoms with Gasteiger partial charge >= 0.3 is 0 Å². The number of benzene rings is 2. The van der Waals surface area contributed by atoms with Gasteiger partial charge < -0.3 is 19.8 Å². The summed E-state index contributed by atoms with van der Waals surface area (Å²) in [6.45, 7) is 1.60. The van der Waals surface area contributed by atoms with Crippen molar-refractivity contribution in [2.45, 2.75) is 11.8 Å². The number of rotatable bonds is 7. The molecule has 168 valence electrons. The smallest absolute Gasteiger partial charge is 0.259 e. The largest absolute Gasteiger partial charge is 0.495 e. The van der Waals surface area contributed by atoms with Crippen LogP contribution in [0.3, 0.4) is 0 Å². The van der Waals surface area contributed by atoms with Crippen LogP contribution in [0, 0.1) is 12.7 Å². The van der Waals surface area contributed by atoms with E-state index in [4.69, 9.17) is 9.15 Å². The average Bonchev–Trinajstić information content (AvgIpc) is 3.21. The molecule has 0 radical (unpaired) electrons. The first kappa shape index (κ1) is 23.0. The molecule has 11 heteroatoms. The van der Waals surface area contributed by atoms with E-state index in [-0.39, 0.29) is 33.1 Å². The molecule has 0 spiro atoms. The molecule has 3 aromatic rings. The summed E-state index contributed by atoms with van der Waals surface area (Å²) in [5, 5.41) is 4.98. The van der Waals surface area contributed by atoms with E-state index in [1.54, 1.807) is 6.92 Å². The first-order chi connectivity index (χ1) is 15.2. The minimum Gasteiger partial charge on any atom is -0.495 e. The molecule has 3 N–H and O–H groups in total. The molecule has 2 aromatic carbocycles.